The molecule has 5 rings (SSSR count). The van der Waals surface area contributed by atoms with Crippen molar-refractivity contribution in [3.63, 3.8) is 0 Å². The summed E-state index contributed by atoms with van der Waals surface area (Å²) in [5, 5.41) is 5.70. The second-order valence-electron chi connectivity index (χ2n) is 8.23. The van der Waals surface area contributed by atoms with Gasteiger partial charge in [0.15, 0.2) is 5.72 Å². The lowest BCUT2D eigenvalue weighted by molar-refractivity contribution is 0.191. The molecule has 26 heavy (non-hydrogen) atoms. The summed E-state index contributed by atoms with van der Waals surface area (Å²) in [6.45, 7) is 4.48. The Morgan fingerprint density at radius 2 is 2.00 bits per heavy atom. The zero-order chi connectivity index (χ0) is 17.6. The minimum atomic E-state index is -0.278. The first-order chi connectivity index (χ1) is 12.7. The number of epoxide rings is 1. The number of hydrogen-bond acceptors (Lipinski definition) is 4. The van der Waals surface area contributed by atoms with Gasteiger partial charge in [-0.15, -0.1) is 11.3 Å². The largest absolute Gasteiger partial charge is 0.351 e. The van der Waals surface area contributed by atoms with E-state index in [1.165, 1.54) is 49.1 Å². The second-order valence-corrected chi connectivity index (χ2v) is 9.18. The molecule has 3 heterocycles. The molecule has 4 heteroatoms. The maximum Gasteiger partial charge on any atom is 0.198 e. The molecule has 1 aromatic carbocycles. The van der Waals surface area contributed by atoms with Crippen molar-refractivity contribution >= 4 is 17.0 Å². The van der Waals surface area contributed by atoms with Crippen LogP contribution in [0, 0.1) is 0 Å². The van der Waals surface area contributed by atoms with E-state index in [0.29, 0.717) is 0 Å². The lowest BCUT2D eigenvalue weighted by Gasteiger charge is -2.28. The Labute approximate surface area is 160 Å². The highest BCUT2D eigenvalue weighted by Gasteiger charge is 2.47. The first-order valence-electron chi connectivity index (χ1n) is 10.1. The van der Waals surface area contributed by atoms with Crippen LogP contribution in [-0.2, 0) is 10.5 Å². The summed E-state index contributed by atoms with van der Waals surface area (Å²) in [5.41, 5.74) is 2.38. The van der Waals surface area contributed by atoms with Gasteiger partial charge in [0.25, 0.3) is 0 Å². The summed E-state index contributed by atoms with van der Waals surface area (Å²) in [5.74, 6) is 0.727. The Balaban J connectivity index is 1.23. The molecule has 0 radical (unpaired) electrons. The van der Waals surface area contributed by atoms with E-state index < -0.39 is 0 Å². The van der Waals surface area contributed by atoms with Crippen LogP contribution < -0.4 is 5.32 Å². The minimum Gasteiger partial charge on any atom is -0.351 e. The van der Waals surface area contributed by atoms with Crippen molar-refractivity contribution in [3.8, 4) is 0 Å². The molecule has 1 aromatic heterocycles. The molecule has 2 saturated heterocycles. The van der Waals surface area contributed by atoms with Gasteiger partial charge in [0.1, 0.15) is 6.61 Å². The standard InChI is InChI=1S/C22H28N2OS/c1-16-4-2-12-24(16)20-11-8-18(14-20)17-6-9-19(10-7-17)23-22(15-25-22)21-5-3-13-26-21/h3,5-7,9-10,13,16,18,20,23H,2,4,8,11-12,14-15H2,1H3. The Hall–Kier alpha value is -1.36. The average molecular weight is 369 g/mol. The third kappa shape index (κ3) is 3.08. The zero-order valence-electron chi connectivity index (χ0n) is 15.5. The highest BCUT2D eigenvalue weighted by atomic mass is 32.1. The Kier molecular flexibility index (Phi) is 4.30. The molecule has 1 aliphatic carbocycles. The molecule has 0 spiro atoms. The molecule has 3 aliphatic rings. The quantitative estimate of drug-likeness (QED) is 0.739. The Bertz CT molecular complexity index is 738. The van der Waals surface area contributed by atoms with E-state index in [9.17, 15) is 0 Å². The van der Waals surface area contributed by atoms with Crippen LogP contribution in [0.25, 0.3) is 0 Å². The number of nitrogens with zero attached hydrogens (tertiary/aromatic N) is 1. The molecule has 2 aliphatic heterocycles. The van der Waals surface area contributed by atoms with E-state index in [4.69, 9.17) is 4.74 Å². The topological polar surface area (TPSA) is 27.8 Å². The second kappa shape index (κ2) is 6.66. The zero-order valence-corrected chi connectivity index (χ0v) is 16.3. The van der Waals surface area contributed by atoms with Crippen molar-refractivity contribution in [1.29, 1.82) is 0 Å². The monoisotopic (exact) mass is 368 g/mol. The summed E-state index contributed by atoms with van der Waals surface area (Å²) in [6, 6.07) is 15.0. The summed E-state index contributed by atoms with van der Waals surface area (Å²) < 4.78 is 5.75. The summed E-state index contributed by atoms with van der Waals surface area (Å²) >= 11 is 1.76. The van der Waals surface area contributed by atoms with Crippen LogP contribution in [0.3, 0.4) is 0 Å². The normalized spacial score (nSPS) is 34.3. The highest BCUT2D eigenvalue weighted by molar-refractivity contribution is 7.10. The van der Waals surface area contributed by atoms with Crippen molar-refractivity contribution in [2.45, 2.75) is 62.8 Å². The van der Waals surface area contributed by atoms with Crippen LogP contribution in [0.5, 0.6) is 0 Å². The van der Waals surface area contributed by atoms with Gasteiger partial charge in [0.2, 0.25) is 0 Å². The fourth-order valence-electron chi connectivity index (χ4n) is 4.99. The number of likely N-dealkylation sites (tertiary alicyclic amines) is 1. The lowest BCUT2D eigenvalue weighted by Crippen LogP contribution is -2.35. The molecule has 0 bridgehead atoms. The molecule has 4 atom stereocenters. The molecule has 3 nitrogen and oxygen atoms in total. The maximum atomic E-state index is 5.75. The van der Waals surface area contributed by atoms with Gasteiger partial charge < -0.3 is 10.1 Å². The summed E-state index contributed by atoms with van der Waals surface area (Å²) in [7, 11) is 0. The van der Waals surface area contributed by atoms with Gasteiger partial charge in [0.05, 0.1) is 4.88 Å². The summed E-state index contributed by atoms with van der Waals surface area (Å²) in [6.07, 6.45) is 6.80. The number of benzene rings is 1. The highest BCUT2D eigenvalue weighted by Crippen LogP contribution is 2.43. The number of hydrogen-bond donors (Lipinski definition) is 1. The number of nitrogens with one attached hydrogen (secondary N) is 1. The first kappa shape index (κ1) is 16.8. The Morgan fingerprint density at radius 3 is 2.65 bits per heavy atom. The Morgan fingerprint density at radius 1 is 1.15 bits per heavy atom. The van der Waals surface area contributed by atoms with Gasteiger partial charge in [-0.25, -0.2) is 0 Å². The summed E-state index contributed by atoms with van der Waals surface area (Å²) in [4.78, 5) is 4.03. The smallest absolute Gasteiger partial charge is 0.198 e. The van der Waals surface area contributed by atoms with Crippen LogP contribution >= 0.6 is 11.3 Å². The van der Waals surface area contributed by atoms with Crippen molar-refractivity contribution in [2.75, 3.05) is 18.5 Å². The van der Waals surface area contributed by atoms with E-state index in [1.54, 1.807) is 11.3 Å². The predicted molar refractivity (Wildman–Crippen MR) is 108 cm³/mol. The number of rotatable bonds is 5. The number of ether oxygens (including phenoxy) is 1. The van der Waals surface area contributed by atoms with Crippen molar-refractivity contribution < 1.29 is 4.74 Å². The van der Waals surface area contributed by atoms with Crippen LogP contribution in [0.1, 0.15) is 55.4 Å². The van der Waals surface area contributed by atoms with Gasteiger partial charge in [-0.2, -0.15) is 0 Å². The molecule has 1 saturated carbocycles. The third-order valence-electron chi connectivity index (χ3n) is 6.56. The van der Waals surface area contributed by atoms with E-state index in [2.05, 4.69) is 58.9 Å². The van der Waals surface area contributed by atoms with Crippen LogP contribution in [-0.4, -0.2) is 30.1 Å². The molecule has 1 N–H and O–H groups in total. The van der Waals surface area contributed by atoms with Crippen LogP contribution in [0.15, 0.2) is 41.8 Å². The molecule has 3 fully saturated rings. The fourth-order valence-corrected chi connectivity index (χ4v) is 5.81. The van der Waals surface area contributed by atoms with E-state index >= 15 is 0 Å². The van der Waals surface area contributed by atoms with E-state index in [-0.39, 0.29) is 5.72 Å². The molecular weight excluding hydrogens is 340 g/mol. The molecular formula is C22H28N2OS. The van der Waals surface area contributed by atoms with Gasteiger partial charge in [-0.3, -0.25) is 4.90 Å². The van der Waals surface area contributed by atoms with Crippen LogP contribution in [0.2, 0.25) is 0 Å². The average Bonchev–Trinajstić information content (AvgIpc) is 3.12. The number of anilines is 1. The minimum absolute atomic E-state index is 0.278. The van der Waals surface area contributed by atoms with Gasteiger partial charge in [-0.1, -0.05) is 18.2 Å². The van der Waals surface area contributed by atoms with Crippen LogP contribution in [0.4, 0.5) is 5.69 Å². The van der Waals surface area contributed by atoms with E-state index in [1.807, 2.05) is 0 Å². The number of thiophene rings is 1. The van der Waals surface area contributed by atoms with Gasteiger partial charge >= 0.3 is 0 Å². The predicted octanol–water partition coefficient (Wildman–Crippen LogP) is 5.16. The SMILES string of the molecule is CC1CCCN1C1CCC(c2ccc(NC3(c4cccs4)CO3)cc2)C1. The van der Waals surface area contributed by atoms with Crippen molar-refractivity contribution in [3.05, 3.63) is 52.2 Å². The van der Waals surface area contributed by atoms with Crippen molar-refractivity contribution in [1.82, 2.24) is 4.90 Å². The lowest BCUT2D eigenvalue weighted by atomic mass is 9.97. The fraction of sp³-hybridized carbons (Fsp3) is 0.545. The molecule has 2 aromatic rings. The first-order valence-corrected chi connectivity index (χ1v) is 10.9. The molecule has 138 valence electrons. The van der Waals surface area contributed by atoms with Crippen molar-refractivity contribution in [2.24, 2.45) is 0 Å². The molecule has 0 amide bonds. The maximum absolute atomic E-state index is 5.75. The van der Waals surface area contributed by atoms with E-state index in [0.717, 1.165) is 30.3 Å². The van der Waals surface area contributed by atoms with Gasteiger partial charge in [-0.05, 0) is 80.6 Å². The molecule has 4 unspecified atom stereocenters. The third-order valence-corrected chi connectivity index (χ3v) is 7.57. The van der Waals surface area contributed by atoms with Gasteiger partial charge in [0, 0.05) is 17.8 Å².